The van der Waals surface area contributed by atoms with Gasteiger partial charge in [-0.3, -0.25) is 9.59 Å². The zero-order valence-electron chi connectivity index (χ0n) is 12.6. The molecule has 124 valence electrons. The van der Waals surface area contributed by atoms with E-state index in [2.05, 4.69) is 20.6 Å². The van der Waals surface area contributed by atoms with Crippen molar-refractivity contribution in [3.05, 3.63) is 18.2 Å². The van der Waals surface area contributed by atoms with Gasteiger partial charge in [0.1, 0.15) is 12.1 Å². The minimum Gasteiger partial charge on any atom is -0.460 e. The van der Waals surface area contributed by atoms with E-state index in [1.807, 2.05) is 0 Å². The van der Waals surface area contributed by atoms with Crippen LogP contribution in [0.15, 0.2) is 12.4 Å². The fourth-order valence-corrected chi connectivity index (χ4v) is 2.95. The van der Waals surface area contributed by atoms with E-state index in [4.69, 9.17) is 4.74 Å². The summed E-state index contributed by atoms with van der Waals surface area (Å²) in [5.41, 5.74) is 0. The molecule has 2 heterocycles. The average molecular weight is 322 g/mol. The van der Waals surface area contributed by atoms with Crippen LogP contribution in [-0.2, 0) is 9.59 Å². The fraction of sp³-hybridized carbons (Fsp3) is 0.600. The highest BCUT2D eigenvalue weighted by Crippen LogP contribution is 2.22. The Hall–Kier alpha value is -2.25. The number of nitrogens with one attached hydrogen (secondary N) is 2. The van der Waals surface area contributed by atoms with Crippen molar-refractivity contribution in [3.8, 4) is 6.01 Å². The molecule has 1 atom stereocenters. The Morgan fingerprint density at radius 2 is 1.91 bits per heavy atom. The largest absolute Gasteiger partial charge is 0.460 e. The van der Waals surface area contributed by atoms with Crippen LogP contribution >= 0.6 is 0 Å². The molecular formula is C15H19FN4O3. The second kappa shape index (κ2) is 6.89. The van der Waals surface area contributed by atoms with E-state index in [0.717, 1.165) is 38.1 Å². The van der Waals surface area contributed by atoms with Crippen LogP contribution in [0.3, 0.4) is 0 Å². The summed E-state index contributed by atoms with van der Waals surface area (Å²) >= 11 is 0. The van der Waals surface area contributed by atoms with Crippen LogP contribution in [0.2, 0.25) is 0 Å². The van der Waals surface area contributed by atoms with Crippen LogP contribution in [0, 0.1) is 5.82 Å². The zero-order chi connectivity index (χ0) is 16.2. The molecule has 0 spiro atoms. The minimum absolute atomic E-state index is 0.0280. The minimum atomic E-state index is -0.497. The van der Waals surface area contributed by atoms with Gasteiger partial charge in [-0.15, -0.1) is 0 Å². The van der Waals surface area contributed by atoms with Gasteiger partial charge >= 0.3 is 6.01 Å². The summed E-state index contributed by atoms with van der Waals surface area (Å²) in [6.45, 7) is 0. The van der Waals surface area contributed by atoms with E-state index in [9.17, 15) is 14.0 Å². The molecule has 7 nitrogen and oxygen atoms in total. The number of carbonyl (C=O) groups excluding carboxylic acids is 2. The van der Waals surface area contributed by atoms with Crippen molar-refractivity contribution in [2.75, 3.05) is 0 Å². The average Bonchev–Trinajstić information content (AvgIpc) is 2.98. The Kier molecular flexibility index (Phi) is 4.68. The summed E-state index contributed by atoms with van der Waals surface area (Å²) in [6.07, 6.45) is 6.21. The highest BCUT2D eigenvalue weighted by molar-refractivity contribution is 5.90. The molecule has 2 amide bonds. The van der Waals surface area contributed by atoms with E-state index < -0.39 is 11.9 Å². The van der Waals surface area contributed by atoms with Crippen LogP contribution in [0.5, 0.6) is 6.01 Å². The number of halogens is 1. The SMILES string of the molecule is O=C1CC[C@@H](C(=O)NC2CCC(Oc3ncc(F)cn3)CC2)N1. The number of hydrogen-bond donors (Lipinski definition) is 2. The summed E-state index contributed by atoms with van der Waals surface area (Å²) in [5, 5.41) is 5.65. The van der Waals surface area contributed by atoms with Gasteiger partial charge in [0.05, 0.1) is 12.4 Å². The standard InChI is InChI=1S/C15H19FN4O3/c16-9-7-17-15(18-8-9)23-11-3-1-10(2-4-11)19-14(22)12-5-6-13(21)20-12/h7-8,10-12H,1-6H2,(H,19,22)(H,20,21)/t10?,11?,12-/m0/s1. The second-order valence-corrected chi connectivity index (χ2v) is 5.94. The summed E-state index contributed by atoms with van der Waals surface area (Å²) < 4.78 is 18.4. The Morgan fingerprint density at radius 1 is 1.22 bits per heavy atom. The first-order valence-electron chi connectivity index (χ1n) is 7.84. The molecule has 1 aliphatic heterocycles. The molecule has 3 rings (SSSR count). The van der Waals surface area contributed by atoms with Gasteiger partial charge in [0.2, 0.25) is 11.8 Å². The van der Waals surface area contributed by atoms with Crippen molar-refractivity contribution in [1.29, 1.82) is 0 Å². The molecule has 0 aromatic carbocycles. The van der Waals surface area contributed by atoms with E-state index in [1.54, 1.807) is 0 Å². The van der Waals surface area contributed by atoms with Crippen LogP contribution in [0.4, 0.5) is 4.39 Å². The lowest BCUT2D eigenvalue weighted by atomic mass is 9.92. The summed E-state index contributed by atoms with van der Waals surface area (Å²) in [7, 11) is 0. The maximum atomic E-state index is 12.7. The van der Waals surface area contributed by atoms with Crippen molar-refractivity contribution in [1.82, 2.24) is 20.6 Å². The second-order valence-electron chi connectivity index (χ2n) is 5.94. The first-order valence-corrected chi connectivity index (χ1v) is 7.84. The van der Waals surface area contributed by atoms with Gasteiger partial charge in [0.25, 0.3) is 0 Å². The zero-order valence-corrected chi connectivity index (χ0v) is 12.6. The molecule has 8 heteroatoms. The lowest BCUT2D eigenvalue weighted by Gasteiger charge is -2.29. The third kappa shape index (κ3) is 4.14. The fourth-order valence-electron chi connectivity index (χ4n) is 2.95. The monoisotopic (exact) mass is 322 g/mol. The van der Waals surface area contributed by atoms with Gasteiger partial charge in [-0.25, -0.2) is 14.4 Å². The highest BCUT2D eigenvalue weighted by atomic mass is 19.1. The smallest absolute Gasteiger partial charge is 0.316 e. The molecule has 1 saturated heterocycles. The number of rotatable bonds is 4. The normalized spacial score (nSPS) is 27.3. The summed E-state index contributed by atoms with van der Waals surface area (Å²) in [6, 6.07) is -0.134. The molecule has 23 heavy (non-hydrogen) atoms. The van der Waals surface area contributed by atoms with Crippen LogP contribution in [-0.4, -0.2) is 40.0 Å². The van der Waals surface area contributed by atoms with Gasteiger partial charge in [-0.2, -0.15) is 0 Å². The number of carbonyl (C=O) groups is 2. The molecule has 2 N–H and O–H groups in total. The summed E-state index contributed by atoms with van der Waals surface area (Å²) in [4.78, 5) is 30.8. The quantitative estimate of drug-likeness (QED) is 0.851. The first kappa shape index (κ1) is 15.6. The Bertz CT molecular complexity index is 573. The molecule has 1 aromatic rings. The van der Waals surface area contributed by atoms with Crippen molar-refractivity contribution in [2.45, 2.75) is 56.7 Å². The number of ether oxygens (including phenoxy) is 1. The van der Waals surface area contributed by atoms with Gasteiger partial charge in [0, 0.05) is 12.5 Å². The molecule has 0 unspecified atom stereocenters. The van der Waals surface area contributed by atoms with E-state index in [1.165, 1.54) is 0 Å². The number of amides is 2. The number of aromatic nitrogens is 2. The topological polar surface area (TPSA) is 93.2 Å². The number of hydrogen-bond acceptors (Lipinski definition) is 5. The van der Waals surface area contributed by atoms with Crippen molar-refractivity contribution < 1.29 is 18.7 Å². The van der Waals surface area contributed by atoms with Crippen LogP contribution in [0.1, 0.15) is 38.5 Å². The molecule has 2 fully saturated rings. The van der Waals surface area contributed by atoms with Gasteiger partial charge in [-0.05, 0) is 32.1 Å². The van der Waals surface area contributed by atoms with E-state index in [0.29, 0.717) is 12.8 Å². The maximum Gasteiger partial charge on any atom is 0.316 e. The Labute approximate surface area is 133 Å². The Balaban J connectivity index is 1.42. The van der Waals surface area contributed by atoms with Crippen molar-refractivity contribution in [3.63, 3.8) is 0 Å². The van der Waals surface area contributed by atoms with Crippen LogP contribution < -0.4 is 15.4 Å². The summed E-state index contributed by atoms with van der Waals surface area (Å²) in [5.74, 6) is -0.675. The van der Waals surface area contributed by atoms with Gasteiger partial charge in [0.15, 0.2) is 5.82 Å². The molecule has 0 bridgehead atoms. The molecular weight excluding hydrogens is 303 g/mol. The van der Waals surface area contributed by atoms with E-state index in [-0.39, 0.29) is 30.0 Å². The highest BCUT2D eigenvalue weighted by Gasteiger charge is 2.30. The predicted octanol–water partition coefficient (Wildman–Crippen LogP) is 0.700. The maximum absolute atomic E-state index is 12.7. The van der Waals surface area contributed by atoms with Gasteiger partial charge < -0.3 is 15.4 Å². The predicted molar refractivity (Wildman–Crippen MR) is 78.0 cm³/mol. The molecule has 2 aliphatic rings. The molecule has 0 radical (unpaired) electrons. The van der Waals surface area contributed by atoms with Crippen molar-refractivity contribution >= 4 is 11.8 Å². The lowest BCUT2D eigenvalue weighted by Crippen LogP contribution is -2.47. The third-order valence-corrected chi connectivity index (χ3v) is 4.20. The van der Waals surface area contributed by atoms with Crippen molar-refractivity contribution in [2.24, 2.45) is 0 Å². The molecule has 1 aliphatic carbocycles. The molecule has 1 aromatic heterocycles. The van der Waals surface area contributed by atoms with Crippen LogP contribution in [0.25, 0.3) is 0 Å². The van der Waals surface area contributed by atoms with E-state index >= 15 is 0 Å². The van der Waals surface area contributed by atoms with Gasteiger partial charge in [-0.1, -0.05) is 0 Å². The first-order chi connectivity index (χ1) is 11.1. The Morgan fingerprint density at radius 3 is 2.52 bits per heavy atom. The lowest BCUT2D eigenvalue weighted by molar-refractivity contribution is -0.126. The third-order valence-electron chi connectivity index (χ3n) is 4.20. The number of nitrogens with zero attached hydrogens (tertiary/aromatic N) is 2. The molecule has 1 saturated carbocycles.